The van der Waals surface area contributed by atoms with Crippen LogP contribution in [0.4, 0.5) is 0 Å². The van der Waals surface area contributed by atoms with E-state index in [9.17, 15) is 10.1 Å². The number of rotatable bonds is 5. The minimum Gasteiger partial charge on any atom is -0.292 e. The molecule has 4 rings (SSSR count). The van der Waals surface area contributed by atoms with Gasteiger partial charge in [0.2, 0.25) is 0 Å². The molecule has 3 aromatic heterocycles. The molecule has 4 aromatic rings. The van der Waals surface area contributed by atoms with Crippen molar-refractivity contribution in [3.05, 3.63) is 63.2 Å². The summed E-state index contributed by atoms with van der Waals surface area (Å²) >= 11 is 7.24. The molecule has 0 N–H and O–H groups in total. The number of Topliss-reactive ketones (excluding diaryl/α,β-unsaturated/α-hetero) is 1. The largest absolute Gasteiger partial charge is 0.292 e. The average Bonchev–Trinajstić information content (AvgIpc) is 3.35. The Bertz CT molecular complexity index is 1280. The summed E-state index contributed by atoms with van der Waals surface area (Å²) in [6, 6.07) is 11.3. The third-order valence-electron chi connectivity index (χ3n) is 4.81. The predicted octanol–water partition coefficient (Wildman–Crippen LogP) is 5.59. The third-order valence-corrected chi connectivity index (χ3v) is 5.98. The minimum absolute atomic E-state index is 0.157. The molecule has 6 nitrogen and oxygen atoms in total. The summed E-state index contributed by atoms with van der Waals surface area (Å²) in [6.45, 7) is 5.82. The van der Waals surface area contributed by atoms with Crippen LogP contribution in [0.5, 0.6) is 0 Å². The molecule has 0 amide bonds. The summed E-state index contributed by atoms with van der Waals surface area (Å²) < 4.78 is 1.82. The van der Waals surface area contributed by atoms with Crippen LogP contribution in [0.15, 0.2) is 41.9 Å². The van der Waals surface area contributed by atoms with Gasteiger partial charge in [-0.2, -0.15) is 10.4 Å². The van der Waals surface area contributed by atoms with Crippen LogP contribution in [0.1, 0.15) is 46.9 Å². The first-order chi connectivity index (χ1) is 14.4. The highest BCUT2D eigenvalue weighted by atomic mass is 35.5. The maximum absolute atomic E-state index is 13.2. The standard InChI is InChI=1S/C22H18ClN5OS/c1-12(2)28-21-15(10-25-28)8-17(13(3)26-21)20(29)18(9-24)22-27-19(11-30-22)14-4-6-16(23)7-5-14/h4-8,10-12,18H,1-3H3. The number of ketones is 1. The van der Waals surface area contributed by atoms with Gasteiger partial charge in [-0.25, -0.2) is 14.6 Å². The van der Waals surface area contributed by atoms with Gasteiger partial charge in [-0.05, 0) is 39.0 Å². The van der Waals surface area contributed by atoms with Crippen molar-refractivity contribution in [2.45, 2.75) is 32.7 Å². The SMILES string of the molecule is Cc1nc2c(cnn2C(C)C)cc1C(=O)C(C#N)c1nc(-c2ccc(Cl)cc2)cs1. The second-order valence-electron chi connectivity index (χ2n) is 7.22. The zero-order chi connectivity index (χ0) is 21.4. The number of fused-ring (bicyclic) bond motifs is 1. The van der Waals surface area contributed by atoms with Gasteiger partial charge in [-0.15, -0.1) is 11.3 Å². The van der Waals surface area contributed by atoms with Crippen molar-refractivity contribution >= 4 is 39.8 Å². The number of benzene rings is 1. The summed E-state index contributed by atoms with van der Waals surface area (Å²) in [4.78, 5) is 22.4. The van der Waals surface area contributed by atoms with Gasteiger partial charge in [0.25, 0.3) is 0 Å². The lowest BCUT2D eigenvalue weighted by atomic mass is 9.97. The van der Waals surface area contributed by atoms with Crippen molar-refractivity contribution < 1.29 is 4.79 Å². The van der Waals surface area contributed by atoms with Crippen molar-refractivity contribution in [2.24, 2.45) is 0 Å². The number of halogens is 1. The summed E-state index contributed by atoms with van der Waals surface area (Å²) in [6.07, 6.45) is 1.70. The first-order valence-corrected chi connectivity index (χ1v) is 10.6. The van der Waals surface area contributed by atoms with Gasteiger partial charge in [0, 0.05) is 33.0 Å². The summed E-state index contributed by atoms with van der Waals surface area (Å²) in [5, 5.41) is 17.8. The van der Waals surface area contributed by atoms with Crippen molar-refractivity contribution in [2.75, 3.05) is 0 Å². The first-order valence-electron chi connectivity index (χ1n) is 9.39. The van der Waals surface area contributed by atoms with Gasteiger partial charge in [-0.1, -0.05) is 23.7 Å². The molecule has 1 aromatic carbocycles. The van der Waals surface area contributed by atoms with Crippen LogP contribution < -0.4 is 0 Å². The number of aryl methyl sites for hydroxylation is 1. The van der Waals surface area contributed by atoms with Crippen LogP contribution in [-0.4, -0.2) is 25.5 Å². The molecule has 0 radical (unpaired) electrons. The fourth-order valence-electron chi connectivity index (χ4n) is 3.25. The lowest BCUT2D eigenvalue weighted by molar-refractivity contribution is 0.0978. The van der Waals surface area contributed by atoms with Gasteiger partial charge in [0.05, 0.1) is 23.7 Å². The highest BCUT2D eigenvalue weighted by Crippen LogP contribution is 2.30. The monoisotopic (exact) mass is 435 g/mol. The van der Waals surface area contributed by atoms with E-state index in [1.807, 2.05) is 36.0 Å². The maximum atomic E-state index is 13.2. The molecule has 8 heteroatoms. The van der Waals surface area contributed by atoms with Gasteiger partial charge in [-0.3, -0.25) is 4.79 Å². The fraction of sp³-hybridized carbons (Fsp3) is 0.227. The molecule has 30 heavy (non-hydrogen) atoms. The van der Waals surface area contributed by atoms with Crippen molar-refractivity contribution in [3.8, 4) is 17.3 Å². The number of thiazole rings is 1. The van der Waals surface area contributed by atoms with Gasteiger partial charge >= 0.3 is 0 Å². The molecule has 0 spiro atoms. The second-order valence-corrected chi connectivity index (χ2v) is 8.55. The molecule has 150 valence electrons. The molecule has 0 bridgehead atoms. The van der Waals surface area contributed by atoms with E-state index >= 15 is 0 Å². The van der Waals surface area contributed by atoms with E-state index in [0.29, 0.717) is 27.0 Å². The molecule has 0 fully saturated rings. The molecule has 1 atom stereocenters. The van der Waals surface area contributed by atoms with Crippen molar-refractivity contribution in [1.82, 2.24) is 19.7 Å². The highest BCUT2D eigenvalue weighted by molar-refractivity contribution is 7.10. The van der Waals surface area contributed by atoms with E-state index in [-0.39, 0.29) is 11.8 Å². The zero-order valence-corrected chi connectivity index (χ0v) is 18.2. The number of carbonyl (C=O) groups is 1. The number of carbonyl (C=O) groups excluding carboxylic acids is 1. The van der Waals surface area contributed by atoms with Gasteiger partial charge in [0.1, 0.15) is 5.01 Å². The van der Waals surface area contributed by atoms with E-state index in [2.05, 4.69) is 21.1 Å². The van der Waals surface area contributed by atoms with Crippen LogP contribution in [-0.2, 0) is 0 Å². The average molecular weight is 436 g/mol. The Morgan fingerprint density at radius 2 is 1.97 bits per heavy atom. The van der Waals surface area contributed by atoms with Crippen LogP contribution in [0.2, 0.25) is 5.02 Å². The van der Waals surface area contributed by atoms with Crippen molar-refractivity contribution in [1.29, 1.82) is 5.26 Å². The number of nitrogens with zero attached hydrogens (tertiary/aromatic N) is 5. The molecular weight excluding hydrogens is 418 g/mol. The number of nitriles is 1. The fourth-order valence-corrected chi connectivity index (χ4v) is 4.24. The molecule has 0 aliphatic heterocycles. The molecule has 1 unspecified atom stereocenters. The Kier molecular flexibility index (Phi) is 5.37. The predicted molar refractivity (Wildman–Crippen MR) is 118 cm³/mol. The maximum Gasteiger partial charge on any atom is 0.188 e. The number of hydrogen-bond donors (Lipinski definition) is 0. The third kappa shape index (κ3) is 3.60. The number of pyridine rings is 1. The molecule has 0 saturated heterocycles. The Morgan fingerprint density at radius 3 is 2.63 bits per heavy atom. The van der Waals surface area contributed by atoms with Crippen molar-refractivity contribution in [3.63, 3.8) is 0 Å². The summed E-state index contributed by atoms with van der Waals surface area (Å²) in [5.74, 6) is -1.30. The zero-order valence-electron chi connectivity index (χ0n) is 16.6. The van der Waals surface area contributed by atoms with E-state index in [4.69, 9.17) is 11.6 Å². The molecule has 0 saturated carbocycles. The Hall–Kier alpha value is -3.08. The topological polar surface area (TPSA) is 84.5 Å². The molecule has 0 aliphatic rings. The van der Waals surface area contributed by atoms with Crippen LogP contribution >= 0.6 is 22.9 Å². The van der Waals surface area contributed by atoms with Crippen LogP contribution in [0, 0.1) is 18.3 Å². The van der Waals surface area contributed by atoms with E-state index < -0.39 is 5.92 Å². The Balaban J connectivity index is 1.69. The smallest absolute Gasteiger partial charge is 0.188 e. The summed E-state index contributed by atoms with van der Waals surface area (Å²) in [5.41, 5.74) is 3.31. The van der Waals surface area contributed by atoms with Gasteiger partial charge in [0.15, 0.2) is 17.3 Å². The summed E-state index contributed by atoms with van der Waals surface area (Å²) in [7, 11) is 0. The first kappa shape index (κ1) is 20.2. The number of aromatic nitrogens is 4. The quantitative estimate of drug-likeness (QED) is 0.381. The lowest BCUT2D eigenvalue weighted by Gasteiger charge is -2.10. The van der Waals surface area contributed by atoms with Crippen LogP contribution in [0.3, 0.4) is 0 Å². The van der Waals surface area contributed by atoms with E-state index in [1.54, 1.807) is 31.3 Å². The normalized spacial score (nSPS) is 12.3. The number of hydrogen-bond acceptors (Lipinski definition) is 6. The molecular formula is C22H18ClN5OS. The second kappa shape index (κ2) is 7.98. The molecule has 3 heterocycles. The van der Waals surface area contributed by atoms with Crippen LogP contribution in [0.25, 0.3) is 22.3 Å². The van der Waals surface area contributed by atoms with Gasteiger partial charge < -0.3 is 0 Å². The Labute approximate surface area is 182 Å². The minimum atomic E-state index is -0.992. The van der Waals surface area contributed by atoms with E-state index in [0.717, 1.165) is 16.6 Å². The molecule has 0 aliphatic carbocycles. The highest BCUT2D eigenvalue weighted by Gasteiger charge is 2.27. The Morgan fingerprint density at radius 1 is 1.23 bits per heavy atom. The lowest BCUT2D eigenvalue weighted by Crippen LogP contribution is -2.14. The van der Waals surface area contributed by atoms with E-state index in [1.165, 1.54) is 11.3 Å².